The second-order valence-electron chi connectivity index (χ2n) is 6.33. The van der Waals surface area contributed by atoms with Crippen LogP contribution in [0.3, 0.4) is 0 Å². The molecule has 126 valence electrons. The van der Waals surface area contributed by atoms with Crippen molar-refractivity contribution in [2.75, 3.05) is 11.9 Å². The maximum Gasteiger partial charge on any atom is 0.328 e. The van der Waals surface area contributed by atoms with Gasteiger partial charge in [0.05, 0.1) is 22.1 Å². The molecule has 2 aromatic rings. The number of anilines is 1. The fourth-order valence-electron chi connectivity index (χ4n) is 3.08. The number of hydrogen-bond acceptors (Lipinski definition) is 3. The normalized spacial score (nSPS) is 14.8. The largest absolute Gasteiger partial charge is 0.383 e. The van der Waals surface area contributed by atoms with Gasteiger partial charge in [-0.2, -0.15) is 0 Å². The lowest BCUT2D eigenvalue weighted by molar-refractivity contribution is 0.761. The highest BCUT2D eigenvalue weighted by Gasteiger charge is 2.26. The zero-order valence-electron chi connectivity index (χ0n) is 14.4. The number of hydrogen-bond donors (Lipinski definition) is 1. The van der Waals surface area contributed by atoms with Crippen molar-refractivity contribution in [1.82, 2.24) is 9.13 Å². The average Bonchev–Trinajstić information content (AvgIpc) is 3.41. The van der Waals surface area contributed by atoms with Crippen molar-refractivity contribution >= 4 is 30.7 Å². The standard InChI is InChI=1S/C19H24N4O/c1-13-17(23(4)19(24)22(13)3)9-6-12-21-16-8-5-7-15(14-10-11-14)18(16)20-2/h5,7-9,14,21H,1-2,6,10-12H2,3-4H3/b17-9+. The number of aromatic nitrogens is 2. The summed E-state index contributed by atoms with van der Waals surface area (Å²) in [4.78, 5) is 16.1. The Balaban J connectivity index is 1.74. The van der Waals surface area contributed by atoms with E-state index in [2.05, 4.69) is 35.7 Å². The number of nitrogens with one attached hydrogen (secondary N) is 1. The summed E-state index contributed by atoms with van der Waals surface area (Å²) in [7, 11) is 3.51. The molecule has 1 fully saturated rings. The summed E-state index contributed by atoms with van der Waals surface area (Å²) >= 11 is 0. The number of benzene rings is 1. The molecule has 0 amide bonds. The molecule has 3 rings (SSSR count). The van der Waals surface area contributed by atoms with E-state index in [9.17, 15) is 4.79 Å². The first kappa shape index (κ1) is 16.3. The van der Waals surface area contributed by atoms with Crippen LogP contribution in [0.4, 0.5) is 11.4 Å². The Labute approximate surface area is 141 Å². The molecule has 0 spiro atoms. The van der Waals surface area contributed by atoms with E-state index in [0.717, 1.165) is 35.0 Å². The summed E-state index contributed by atoms with van der Waals surface area (Å²) in [5.74, 6) is 0.645. The first-order valence-corrected chi connectivity index (χ1v) is 8.29. The van der Waals surface area contributed by atoms with E-state index in [0.29, 0.717) is 5.92 Å². The highest BCUT2D eigenvalue weighted by Crippen LogP contribution is 2.46. The number of rotatable bonds is 6. The molecular weight excluding hydrogens is 300 g/mol. The maximum absolute atomic E-state index is 11.9. The number of para-hydroxylation sites is 1. The molecule has 24 heavy (non-hydrogen) atoms. The molecule has 5 heteroatoms. The molecule has 5 nitrogen and oxygen atoms in total. The van der Waals surface area contributed by atoms with E-state index in [-0.39, 0.29) is 5.69 Å². The van der Waals surface area contributed by atoms with Crippen LogP contribution >= 0.6 is 0 Å². The molecule has 1 heterocycles. The number of nitrogens with zero attached hydrogens (tertiary/aromatic N) is 3. The Kier molecular flexibility index (Phi) is 4.42. The molecular formula is C19H24N4O. The maximum atomic E-state index is 11.9. The van der Waals surface area contributed by atoms with E-state index >= 15 is 0 Å². The van der Waals surface area contributed by atoms with Crippen molar-refractivity contribution in [3.05, 3.63) is 44.9 Å². The zero-order valence-corrected chi connectivity index (χ0v) is 14.4. The third kappa shape index (κ3) is 2.94. The van der Waals surface area contributed by atoms with E-state index in [1.54, 1.807) is 23.2 Å². The molecule has 1 aromatic carbocycles. The summed E-state index contributed by atoms with van der Waals surface area (Å²) < 4.78 is 3.20. The first-order valence-electron chi connectivity index (χ1n) is 8.29. The van der Waals surface area contributed by atoms with Crippen LogP contribution in [-0.4, -0.2) is 22.4 Å². The van der Waals surface area contributed by atoms with Crippen molar-refractivity contribution in [1.29, 1.82) is 0 Å². The smallest absolute Gasteiger partial charge is 0.328 e. The van der Waals surface area contributed by atoms with Crippen LogP contribution < -0.4 is 21.7 Å². The SMILES string of the molecule is C=Nc1c(NCC/C=c2\c(=C)n(C)c(=O)n2C)cccc1C1CC1. The van der Waals surface area contributed by atoms with E-state index in [4.69, 9.17) is 0 Å². The zero-order chi connectivity index (χ0) is 17.3. The van der Waals surface area contributed by atoms with Gasteiger partial charge < -0.3 is 5.32 Å². The minimum Gasteiger partial charge on any atom is -0.383 e. The fourth-order valence-corrected chi connectivity index (χ4v) is 3.08. The van der Waals surface area contributed by atoms with Gasteiger partial charge in [0.1, 0.15) is 0 Å². The minimum atomic E-state index is -0.0468. The van der Waals surface area contributed by atoms with Gasteiger partial charge in [-0.1, -0.05) is 24.8 Å². The molecule has 1 saturated carbocycles. The van der Waals surface area contributed by atoms with Crippen molar-refractivity contribution in [2.24, 2.45) is 19.1 Å². The van der Waals surface area contributed by atoms with E-state index < -0.39 is 0 Å². The van der Waals surface area contributed by atoms with Gasteiger partial charge >= 0.3 is 5.69 Å². The van der Waals surface area contributed by atoms with Gasteiger partial charge in [0, 0.05) is 20.6 Å². The summed E-state index contributed by atoms with van der Waals surface area (Å²) in [6, 6.07) is 6.26. The predicted molar refractivity (Wildman–Crippen MR) is 101 cm³/mol. The van der Waals surface area contributed by atoms with Crippen LogP contribution in [-0.2, 0) is 14.1 Å². The third-order valence-corrected chi connectivity index (χ3v) is 4.68. The van der Waals surface area contributed by atoms with E-state index in [1.165, 1.54) is 18.4 Å². The molecule has 1 aliphatic carbocycles. The van der Waals surface area contributed by atoms with Crippen LogP contribution in [0, 0.1) is 0 Å². The predicted octanol–water partition coefficient (Wildman–Crippen LogP) is 1.63. The Hall–Kier alpha value is -2.56. The van der Waals surface area contributed by atoms with Crippen molar-refractivity contribution in [2.45, 2.75) is 25.2 Å². The molecule has 0 atom stereocenters. The molecule has 1 aromatic heterocycles. The Morgan fingerprint density at radius 2 is 2.08 bits per heavy atom. The first-order chi connectivity index (χ1) is 11.5. The highest BCUT2D eigenvalue weighted by molar-refractivity contribution is 5.72. The number of imidazole rings is 1. The summed E-state index contributed by atoms with van der Waals surface area (Å²) in [6.45, 7) is 8.46. The monoisotopic (exact) mass is 324 g/mol. The van der Waals surface area contributed by atoms with Gasteiger partial charge in [0.2, 0.25) is 0 Å². The van der Waals surface area contributed by atoms with Crippen LogP contribution in [0.15, 0.2) is 28.0 Å². The van der Waals surface area contributed by atoms with Crippen LogP contribution in [0.25, 0.3) is 12.7 Å². The molecule has 0 saturated heterocycles. The molecule has 0 unspecified atom stereocenters. The van der Waals surface area contributed by atoms with Crippen LogP contribution in [0.5, 0.6) is 0 Å². The second kappa shape index (κ2) is 6.51. The van der Waals surface area contributed by atoms with Gasteiger partial charge in [-0.3, -0.25) is 14.1 Å². The molecule has 0 radical (unpaired) electrons. The van der Waals surface area contributed by atoms with Gasteiger partial charge in [-0.25, -0.2) is 4.79 Å². The topological polar surface area (TPSA) is 51.3 Å². The summed E-state index contributed by atoms with van der Waals surface area (Å²) in [5, 5.41) is 5.05. The Morgan fingerprint density at radius 1 is 1.33 bits per heavy atom. The highest BCUT2D eigenvalue weighted by atomic mass is 16.1. The lowest BCUT2D eigenvalue weighted by Crippen LogP contribution is -2.30. The van der Waals surface area contributed by atoms with Gasteiger partial charge in [0.15, 0.2) is 0 Å². The van der Waals surface area contributed by atoms with Crippen molar-refractivity contribution in [3.8, 4) is 0 Å². The average molecular weight is 324 g/mol. The third-order valence-electron chi connectivity index (χ3n) is 4.68. The van der Waals surface area contributed by atoms with Crippen molar-refractivity contribution < 1.29 is 0 Å². The molecule has 1 N–H and O–H groups in total. The van der Waals surface area contributed by atoms with Crippen LogP contribution in [0.1, 0.15) is 30.7 Å². The molecule has 0 aliphatic heterocycles. The summed E-state index contributed by atoms with van der Waals surface area (Å²) in [5.41, 5.74) is 3.25. The van der Waals surface area contributed by atoms with Gasteiger partial charge in [0.25, 0.3) is 0 Å². The lowest BCUT2D eigenvalue weighted by Gasteiger charge is -2.12. The quantitative estimate of drug-likeness (QED) is 0.648. The Morgan fingerprint density at radius 3 is 2.67 bits per heavy atom. The fraction of sp³-hybridized carbons (Fsp3) is 0.368. The van der Waals surface area contributed by atoms with E-state index in [1.807, 2.05) is 12.1 Å². The summed E-state index contributed by atoms with van der Waals surface area (Å²) in [6.07, 6.45) is 5.33. The molecule has 1 aliphatic rings. The minimum absolute atomic E-state index is 0.0468. The van der Waals surface area contributed by atoms with Crippen molar-refractivity contribution in [3.63, 3.8) is 0 Å². The van der Waals surface area contributed by atoms with Gasteiger partial charge in [-0.15, -0.1) is 0 Å². The number of aliphatic imine (C=N–C) groups is 1. The van der Waals surface area contributed by atoms with Crippen LogP contribution in [0.2, 0.25) is 0 Å². The van der Waals surface area contributed by atoms with Gasteiger partial charge in [-0.05, 0) is 43.5 Å². The lowest BCUT2D eigenvalue weighted by atomic mass is 10.1. The second-order valence-corrected chi connectivity index (χ2v) is 6.33. The Bertz CT molecular complexity index is 931. The molecule has 0 bridgehead atoms.